The van der Waals surface area contributed by atoms with Crippen molar-refractivity contribution in [2.75, 3.05) is 13.6 Å². The van der Waals surface area contributed by atoms with Crippen molar-refractivity contribution in [1.29, 1.82) is 0 Å². The standard InChI is InChI=1S/C16H22ClN5O/c1-4-7-14-19-15(16(23)21(3)11(2)10-18)20-22(14)13-9-6-5-8-12(13)17/h5-6,8-9,11H,4,7,10,18H2,1-3H3. The lowest BCUT2D eigenvalue weighted by atomic mass is 10.3. The molecule has 0 radical (unpaired) electrons. The first-order valence-corrected chi connectivity index (χ1v) is 8.05. The van der Waals surface area contributed by atoms with Crippen LogP contribution in [0.5, 0.6) is 0 Å². The maximum Gasteiger partial charge on any atom is 0.293 e. The normalized spacial score (nSPS) is 12.2. The summed E-state index contributed by atoms with van der Waals surface area (Å²) in [6.45, 7) is 4.32. The molecule has 1 unspecified atom stereocenters. The number of hydrogen-bond acceptors (Lipinski definition) is 4. The molecule has 0 spiro atoms. The van der Waals surface area contributed by atoms with Crippen molar-refractivity contribution >= 4 is 17.5 Å². The summed E-state index contributed by atoms with van der Waals surface area (Å²) in [5.74, 6) is 0.639. The Bertz CT molecular complexity index is 685. The third-order valence-electron chi connectivity index (χ3n) is 3.74. The quantitative estimate of drug-likeness (QED) is 0.878. The molecule has 1 amide bonds. The van der Waals surface area contributed by atoms with Gasteiger partial charge in [0, 0.05) is 26.1 Å². The second-order valence-corrected chi connectivity index (χ2v) is 5.87. The van der Waals surface area contributed by atoms with Crippen LogP contribution in [0, 0.1) is 0 Å². The van der Waals surface area contributed by atoms with Crippen molar-refractivity contribution in [2.45, 2.75) is 32.7 Å². The van der Waals surface area contributed by atoms with Crippen LogP contribution >= 0.6 is 11.6 Å². The highest BCUT2D eigenvalue weighted by molar-refractivity contribution is 6.32. The summed E-state index contributed by atoms with van der Waals surface area (Å²) >= 11 is 6.25. The number of aryl methyl sites for hydroxylation is 1. The van der Waals surface area contributed by atoms with Gasteiger partial charge in [-0.2, -0.15) is 0 Å². The lowest BCUT2D eigenvalue weighted by Gasteiger charge is -2.21. The number of rotatable bonds is 6. The summed E-state index contributed by atoms with van der Waals surface area (Å²) in [6, 6.07) is 7.30. The van der Waals surface area contributed by atoms with E-state index < -0.39 is 0 Å². The van der Waals surface area contributed by atoms with Gasteiger partial charge in [0.2, 0.25) is 5.82 Å². The first kappa shape index (κ1) is 17.4. The van der Waals surface area contributed by atoms with Crippen LogP contribution in [-0.4, -0.2) is 45.2 Å². The van der Waals surface area contributed by atoms with Crippen LogP contribution in [0.25, 0.3) is 5.69 Å². The van der Waals surface area contributed by atoms with Crippen LogP contribution in [0.15, 0.2) is 24.3 Å². The molecule has 1 heterocycles. The second kappa shape index (κ2) is 7.57. The zero-order chi connectivity index (χ0) is 17.0. The monoisotopic (exact) mass is 335 g/mol. The van der Waals surface area contributed by atoms with Gasteiger partial charge in [0.25, 0.3) is 5.91 Å². The predicted octanol–water partition coefficient (Wildman–Crippen LogP) is 2.29. The van der Waals surface area contributed by atoms with Crippen molar-refractivity contribution < 1.29 is 4.79 Å². The van der Waals surface area contributed by atoms with E-state index in [2.05, 4.69) is 17.0 Å². The van der Waals surface area contributed by atoms with Crippen LogP contribution in [0.1, 0.15) is 36.7 Å². The highest BCUT2D eigenvalue weighted by Gasteiger charge is 2.23. The molecule has 2 rings (SSSR count). The Morgan fingerprint density at radius 2 is 2.13 bits per heavy atom. The van der Waals surface area contributed by atoms with Gasteiger partial charge in [0.05, 0.1) is 10.7 Å². The first-order chi connectivity index (χ1) is 11.0. The summed E-state index contributed by atoms with van der Waals surface area (Å²) in [6.07, 6.45) is 1.60. The molecule has 0 aliphatic rings. The molecule has 124 valence electrons. The number of carbonyl (C=O) groups is 1. The van der Waals surface area contributed by atoms with E-state index >= 15 is 0 Å². The number of nitrogens with two attached hydrogens (primary N) is 1. The molecule has 1 atom stereocenters. The number of nitrogens with zero attached hydrogens (tertiary/aromatic N) is 4. The number of benzene rings is 1. The van der Waals surface area contributed by atoms with Crippen LogP contribution in [0.2, 0.25) is 5.02 Å². The lowest BCUT2D eigenvalue weighted by molar-refractivity contribution is 0.0736. The molecule has 2 N–H and O–H groups in total. The molecule has 0 saturated heterocycles. The van der Waals surface area contributed by atoms with E-state index in [1.54, 1.807) is 22.7 Å². The number of halogens is 1. The van der Waals surface area contributed by atoms with Gasteiger partial charge in [-0.05, 0) is 25.5 Å². The minimum atomic E-state index is -0.244. The molecule has 23 heavy (non-hydrogen) atoms. The molecule has 7 heteroatoms. The molecule has 0 saturated carbocycles. The molecule has 1 aromatic heterocycles. The maximum absolute atomic E-state index is 12.5. The van der Waals surface area contributed by atoms with E-state index in [1.807, 2.05) is 25.1 Å². The van der Waals surface area contributed by atoms with Crippen molar-refractivity contribution in [3.05, 3.63) is 40.9 Å². The van der Waals surface area contributed by atoms with Crippen LogP contribution in [0.3, 0.4) is 0 Å². The number of amides is 1. The largest absolute Gasteiger partial charge is 0.335 e. The average molecular weight is 336 g/mol. The Kier molecular flexibility index (Phi) is 5.74. The Morgan fingerprint density at radius 1 is 1.43 bits per heavy atom. The number of hydrogen-bond donors (Lipinski definition) is 1. The van der Waals surface area contributed by atoms with Gasteiger partial charge in [0.1, 0.15) is 5.82 Å². The van der Waals surface area contributed by atoms with Gasteiger partial charge in [-0.15, -0.1) is 5.10 Å². The fourth-order valence-electron chi connectivity index (χ4n) is 2.15. The molecule has 0 aliphatic heterocycles. The summed E-state index contributed by atoms with van der Waals surface area (Å²) < 4.78 is 1.65. The van der Waals surface area contributed by atoms with Gasteiger partial charge >= 0.3 is 0 Å². The van der Waals surface area contributed by atoms with Crippen molar-refractivity contribution in [2.24, 2.45) is 5.73 Å². The SMILES string of the molecule is CCCc1nc(C(=O)N(C)C(C)CN)nn1-c1ccccc1Cl. The van der Waals surface area contributed by atoms with E-state index in [0.29, 0.717) is 18.0 Å². The number of aromatic nitrogens is 3. The van der Waals surface area contributed by atoms with Crippen LogP contribution < -0.4 is 5.73 Å². The Morgan fingerprint density at radius 3 is 2.74 bits per heavy atom. The van der Waals surface area contributed by atoms with Crippen LogP contribution in [-0.2, 0) is 6.42 Å². The molecule has 6 nitrogen and oxygen atoms in total. The van der Waals surface area contributed by atoms with Gasteiger partial charge in [-0.3, -0.25) is 4.79 Å². The van der Waals surface area contributed by atoms with Crippen molar-refractivity contribution in [3.8, 4) is 5.69 Å². The predicted molar refractivity (Wildman–Crippen MR) is 91.0 cm³/mol. The van der Waals surface area contributed by atoms with Gasteiger partial charge in [0.15, 0.2) is 0 Å². The molecule has 0 aliphatic carbocycles. The third kappa shape index (κ3) is 3.71. The van der Waals surface area contributed by atoms with Gasteiger partial charge in [-0.25, -0.2) is 9.67 Å². The highest BCUT2D eigenvalue weighted by atomic mass is 35.5. The van der Waals surface area contributed by atoms with E-state index in [1.165, 1.54) is 0 Å². The van der Waals surface area contributed by atoms with Gasteiger partial charge in [-0.1, -0.05) is 30.7 Å². The van der Waals surface area contributed by atoms with Gasteiger partial charge < -0.3 is 10.6 Å². The molecule has 0 bridgehead atoms. The number of carbonyl (C=O) groups excluding carboxylic acids is 1. The summed E-state index contributed by atoms with van der Waals surface area (Å²) in [7, 11) is 1.70. The van der Waals surface area contributed by atoms with E-state index in [4.69, 9.17) is 17.3 Å². The van der Waals surface area contributed by atoms with E-state index in [-0.39, 0.29) is 17.8 Å². The molecule has 1 aromatic carbocycles. The number of likely N-dealkylation sites (N-methyl/N-ethyl adjacent to an activating group) is 1. The van der Waals surface area contributed by atoms with Crippen molar-refractivity contribution in [3.63, 3.8) is 0 Å². The molecule has 0 fully saturated rings. The Hall–Kier alpha value is -1.92. The zero-order valence-corrected chi connectivity index (χ0v) is 14.4. The molecular weight excluding hydrogens is 314 g/mol. The highest BCUT2D eigenvalue weighted by Crippen LogP contribution is 2.21. The summed E-state index contributed by atoms with van der Waals surface area (Å²) in [4.78, 5) is 18.5. The topological polar surface area (TPSA) is 77.0 Å². The maximum atomic E-state index is 12.5. The first-order valence-electron chi connectivity index (χ1n) is 7.67. The summed E-state index contributed by atoms with van der Waals surface area (Å²) in [5, 5.41) is 4.95. The Labute approximate surface area is 141 Å². The molecule has 2 aromatic rings. The van der Waals surface area contributed by atoms with E-state index in [9.17, 15) is 4.79 Å². The fourth-order valence-corrected chi connectivity index (χ4v) is 2.37. The Balaban J connectivity index is 2.43. The average Bonchev–Trinajstić information content (AvgIpc) is 2.97. The second-order valence-electron chi connectivity index (χ2n) is 5.47. The fraction of sp³-hybridized carbons (Fsp3) is 0.438. The van der Waals surface area contributed by atoms with Crippen LogP contribution in [0.4, 0.5) is 0 Å². The number of para-hydroxylation sites is 1. The third-order valence-corrected chi connectivity index (χ3v) is 4.06. The minimum Gasteiger partial charge on any atom is -0.335 e. The lowest BCUT2D eigenvalue weighted by Crippen LogP contribution is -2.40. The minimum absolute atomic E-state index is 0.0793. The molecular formula is C16H22ClN5O. The summed E-state index contributed by atoms with van der Waals surface area (Å²) in [5.41, 5.74) is 6.35. The van der Waals surface area contributed by atoms with Crippen molar-refractivity contribution in [1.82, 2.24) is 19.7 Å². The van der Waals surface area contributed by atoms with E-state index in [0.717, 1.165) is 17.9 Å². The smallest absolute Gasteiger partial charge is 0.293 e. The zero-order valence-electron chi connectivity index (χ0n) is 13.7.